The van der Waals surface area contributed by atoms with Gasteiger partial charge in [0.05, 0.1) is 11.4 Å². The number of anilines is 4. The zero-order valence-corrected chi connectivity index (χ0v) is 18.5. The molecule has 1 heterocycles. The van der Waals surface area contributed by atoms with Gasteiger partial charge in [-0.25, -0.2) is 0 Å². The van der Waals surface area contributed by atoms with Crippen LogP contribution in [0.2, 0.25) is 0 Å². The molecule has 6 heteroatoms. The lowest BCUT2D eigenvalue weighted by atomic mass is 10.1. The van der Waals surface area contributed by atoms with Gasteiger partial charge in [-0.3, -0.25) is 19.3 Å². The van der Waals surface area contributed by atoms with Crippen LogP contribution < -0.4 is 15.5 Å². The second-order valence-electron chi connectivity index (χ2n) is 8.22. The molecule has 0 saturated carbocycles. The molecule has 0 aromatic heterocycles. The van der Waals surface area contributed by atoms with Crippen LogP contribution in [-0.2, 0) is 20.8 Å². The van der Waals surface area contributed by atoms with Gasteiger partial charge in [0.1, 0.15) is 6.42 Å². The topological polar surface area (TPSA) is 78.5 Å². The number of benzene rings is 4. The van der Waals surface area contributed by atoms with E-state index >= 15 is 0 Å². The Balaban J connectivity index is 1.38. The van der Waals surface area contributed by atoms with Crippen molar-refractivity contribution < 1.29 is 14.4 Å². The van der Waals surface area contributed by atoms with E-state index < -0.39 is 0 Å². The van der Waals surface area contributed by atoms with Crippen molar-refractivity contribution in [3.05, 3.63) is 96.6 Å². The van der Waals surface area contributed by atoms with Crippen LogP contribution in [-0.4, -0.2) is 17.7 Å². The van der Waals surface area contributed by atoms with Crippen molar-refractivity contribution in [3.63, 3.8) is 0 Å². The van der Waals surface area contributed by atoms with E-state index in [4.69, 9.17) is 0 Å². The van der Waals surface area contributed by atoms with E-state index in [0.717, 1.165) is 16.3 Å². The fourth-order valence-electron chi connectivity index (χ4n) is 4.22. The van der Waals surface area contributed by atoms with E-state index in [2.05, 4.69) is 10.6 Å². The molecule has 1 aliphatic heterocycles. The first-order chi connectivity index (χ1) is 16.6. The Bertz CT molecular complexity index is 1380. The molecule has 0 aliphatic carbocycles. The average Bonchev–Trinajstić information content (AvgIpc) is 2.98. The molecule has 34 heavy (non-hydrogen) atoms. The molecule has 168 valence electrons. The zero-order valence-electron chi connectivity index (χ0n) is 18.5. The lowest BCUT2D eigenvalue weighted by molar-refractivity contribution is -0.124. The molecule has 3 amide bonds. The van der Waals surface area contributed by atoms with Gasteiger partial charge in [0.25, 0.3) is 0 Å². The first-order valence-electron chi connectivity index (χ1n) is 11.2. The Kier molecular flexibility index (Phi) is 5.79. The van der Waals surface area contributed by atoms with Crippen LogP contribution in [0, 0.1) is 0 Å². The predicted molar refractivity (Wildman–Crippen MR) is 134 cm³/mol. The Hall–Kier alpha value is -4.45. The van der Waals surface area contributed by atoms with E-state index in [-0.39, 0.29) is 24.1 Å². The van der Waals surface area contributed by atoms with Crippen molar-refractivity contribution >= 4 is 51.2 Å². The molecule has 2 N–H and O–H groups in total. The molecule has 4 aromatic carbocycles. The van der Waals surface area contributed by atoms with Gasteiger partial charge >= 0.3 is 0 Å². The minimum Gasteiger partial charge on any atom is -0.326 e. The van der Waals surface area contributed by atoms with Crippen LogP contribution in [0.3, 0.4) is 0 Å². The van der Waals surface area contributed by atoms with Crippen LogP contribution in [0.25, 0.3) is 10.8 Å². The van der Waals surface area contributed by atoms with Crippen LogP contribution in [0.4, 0.5) is 22.7 Å². The Morgan fingerprint density at radius 1 is 0.853 bits per heavy atom. The van der Waals surface area contributed by atoms with E-state index in [1.165, 1.54) is 0 Å². The third kappa shape index (κ3) is 4.38. The molecule has 0 atom stereocenters. The molecule has 6 nitrogen and oxygen atoms in total. The number of rotatable bonds is 5. The van der Waals surface area contributed by atoms with Crippen molar-refractivity contribution in [2.24, 2.45) is 0 Å². The van der Waals surface area contributed by atoms with E-state index in [1.54, 1.807) is 29.2 Å². The number of hydrogen-bond acceptors (Lipinski definition) is 3. The highest BCUT2D eigenvalue weighted by molar-refractivity contribution is 6.21. The second kappa shape index (κ2) is 9.19. The van der Waals surface area contributed by atoms with Gasteiger partial charge in [0, 0.05) is 23.2 Å². The molecule has 0 fully saturated rings. The monoisotopic (exact) mass is 449 g/mol. The van der Waals surface area contributed by atoms with Crippen LogP contribution >= 0.6 is 0 Å². The van der Waals surface area contributed by atoms with Gasteiger partial charge in [-0.1, -0.05) is 60.7 Å². The first-order valence-corrected chi connectivity index (χ1v) is 11.2. The number of nitrogens with one attached hydrogen (secondary N) is 2. The summed E-state index contributed by atoms with van der Waals surface area (Å²) in [5.74, 6) is -0.729. The smallest absolute Gasteiger partial charge is 0.241 e. The third-order valence-electron chi connectivity index (χ3n) is 5.87. The Morgan fingerprint density at radius 2 is 1.59 bits per heavy atom. The molecule has 0 saturated heterocycles. The lowest BCUT2D eigenvalue weighted by Gasteiger charge is -2.23. The number of carbonyl (C=O) groups excluding carboxylic acids is 3. The maximum absolute atomic E-state index is 13.0. The summed E-state index contributed by atoms with van der Waals surface area (Å²) in [6, 6.07) is 28.5. The third-order valence-corrected chi connectivity index (χ3v) is 5.87. The van der Waals surface area contributed by atoms with Gasteiger partial charge < -0.3 is 10.6 Å². The summed E-state index contributed by atoms with van der Waals surface area (Å²) < 4.78 is 0. The predicted octanol–water partition coefficient (Wildman–Crippen LogP) is 5.42. The van der Waals surface area contributed by atoms with Crippen molar-refractivity contribution in [1.29, 1.82) is 0 Å². The van der Waals surface area contributed by atoms with Gasteiger partial charge in [0.2, 0.25) is 17.7 Å². The average molecular weight is 450 g/mol. The minimum atomic E-state index is -0.340. The highest BCUT2D eigenvalue weighted by Gasteiger charge is 2.28. The number of amides is 3. The lowest BCUT2D eigenvalue weighted by Crippen LogP contribution is -2.26. The Labute approximate surface area is 197 Å². The van der Waals surface area contributed by atoms with Gasteiger partial charge in [0.15, 0.2) is 0 Å². The molecule has 0 unspecified atom stereocenters. The van der Waals surface area contributed by atoms with Gasteiger partial charge in [-0.15, -0.1) is 0 Å². The molecule has 0 radical (unpaired) electrons. The number of carbonyl (C=O) groups is 3. The molecular weight excluding hydrogens is 426 g/mol. The van der Waals surface area contributed by atoms with Crippen molar-refractivity contribution in [3.8, 4) is 0 Å². The number of hydrogen-bond donors (Lipinski definition) is 2. The largest absolute Gasteiger partial charge is 0.326 e. The van der Waals surface area contributed by atoms with Crippen LogP contribution in [0.15, 0.2) is 91.0 Å². The summed E-state index contributed by atoms with van der Waals surface area (Å²) in [6.07, 6.45) is 0.796. The van der Waals surface area contributed by atoms with Crippen molar-refractivity contribution in [2.45, 2.75) is 19.3 Å². The quantitative estimate of drug-likeness (QED) is 0.400. The normalized spacial score (nSPS) is 13.2. The summed E-state index contributed by atoms with van der Waals surface area (Å²) in [7, 11) is 0. The number of aryl methyl sites for hydroxylation is 1. The van der Waals surface area contributed by atoms with E-state index in [0.29, 0.717) is 35.6 Å². The number of fused-ring (bicyclic) bond motifs is 3. The summed E-state index contributed by atoms with van der Waals surface area (Å²) in [4.78, 5) is 39.3. The minimum absolute atomic E-state index is 0.0749. The van der Waals surface area contributed by atoms with Crippen LogP contribution in [0.5, 0.6) is 0 Å². The SMILES string of the molecule is O=C(CCc1ccccc1)Nc1ccc(N2C(=O)CC(=O)Nc3c2ccc2ccccc32)cc1. The van der Waals surface area contributed by atoms with E-state index in [9.17, 15) is 14.4 Å². The zero-order chi connectivity index (χ0) is 23.5. The molecule has 5 rings (SSSR count). The highest BCUT2D eigenvalue weighted by atomic mass is 16.2. The molecular formula is C28H23N3O3. The molecule has 1 aliphatic rings. The summed E-state index contributed by atoms with van der Waals surface area (Å²) in [5, 5.41) is 7.66. The standard InChI is InChI=1S/C28H23N3O3/c32-25(17-10-19-6-2-1-3-7-19)29-21-12-14-22(15-13-21)31-24-16-11-20-8-4-5-9-23(20)28(24)30-26(33)18-27(31)34/h1-9,11-16H,10,17-18H2,(H,29,32)(H,30,33). The van der Waals surface area contributed by atoms with Gasteiger partial charge in [-0.2, -0.15) is 0 Å². The summed E-state index contributed by atoms with van der Waals surface area (Å²) in [5.41, 5.74) is 3.63. The Morgan fingerprint density at radius 3 is 2.38 bits per heavy atom. The second-order valence-corrected chi connectivity index (χ2v) is 8.22. The van der Waals surface area contributed by atoms with E-state index in [1.807, 2.05) is 66.7 Å². The fraction of sp³-hybridized carbons (Fsp3) is 0.107. The molecule has 0 bridgehead atoms. The van der Waals surface area contributed by atoms with Crippen LogP contribution in [0.1, 0.15) is 18.4 Å². The van der Waals surface area contributed by atoms with Gasteiger partial charge in [-0.05, 0) is 47.7 Å². The molecule has 0 spiro atoms. The molecule has 4 aromatic rings. The maximum atomic E-state index is 13.0. The number of nitrogens with zero attached hydrogens (tertiary/aromatic N) is 1. The maximum Gasteiger partial charge on any atom is 0.241 e. The van der Waals surface area contributed by atoms with Crippen molar-refractivity contribution in [1.82, 2.24) is 0 Å². The highest BCUT2D eigenvalue weighted by Crippen LogP contribution is 2.40. The first kappa shape index (κ1) is 21.4. The fourth-order valence-corrected chi connectivity index (χ4v) is 4.22. The van der Waals surface area contributed by atoms with Crippen molar-refractivity contribution in [2.75, 3.05) is 15.5 Å². The summed E-state index contributed by atoms with van der Waals surface area (Å²) >= 11 is 0. The summed E-state index contributed by atoms with van der Waals surface area (Å²) in [6.45, 7) is 0.